The highest BCUT2D eigenvalue weighted by molar-refractivity contribution is 7.89. The Morgan fingerprint density at radius 2 is 1.52 bits per heavy atom. The van der Waals surface area contributed by atoms with Crippen LogP contribution in [0.2, 0.25) is 0 Å². The van der Waals surface area contributed by atoms with E-state index in [0.717, 1.165) is 22.1 Å². The zero-order chi connectivity index (χ0) is 23.3. The van der Waals surface area contributed by atoms with Crippen LogP contribution in [0.25, 0.3) is 21.9 Å². The Morgan fingerprint density at radius 3 is 2.30 bits per heavy atom. The monoisotopic (exact) mass is 459 g/mol. The third-order valence-electron chi connectivity index (χ3n) is 5.61. The number of methoxy groups -OCH3 is 1. The molecular weight excluding hydrogens is 434 g/mol. The van der Waals surface area contributed by atoms with Gasteiger partial charge in [-0.1, -0.05) is 91.0 Å². The van der Waals surface area contributed by atoms with E-state index < -0.39 is 21.9 Å². The second-order valence-electron chi connectivity index (χ2n) is 7.82. The number of benzene rings is 4. The fourth-order valence-electron chi connectivity index (χ4n) is 3.92. The second kappa shape index (κ2) is 9.98. The van der Waals surface area contributed by atoms with E-state index in [1.54, 1.807) is 24.3 Å². The molecule has 1 N–H and O–H groups in total. The van der Waals surface area contributed by atoms with Gasteiger partial charge in [-0.05, 0) is 34.6 Å². The lowest BCUT2D eigenvalue weighted by atomic mass is 9.96. The maximum atomic E-state index is 13.1. The Hall–Kier alpha value is -3.48. The number of sulfonamides is 1. The van der Waals surface area contributed by atoms with Crippen molar-refractivity contribution in [3.63, 3.8) is 0 Å². The molecule has 0 aromatic heterocycles. The van der Waals surface area contributed by atoms with Crippen LogP contribution in [0.15, 0.2) is 102 Å². The molecule has 4 aromatic carbocycles. The smallest absolute Gasteiger partial charge is 0.310 e. The molecule has 0 saturated carbocycles. The predicted octanol–water partition coefficient (Wildman–Crippen LogP) is 4.82. The minimum atomic E-state index is -3.82. The molecule has 5 nitrogen and oxygen atoms in total. The Morgan fingerprint density at radius 1 is 0.848 bits per heavy atom. The van der Waals surface area contributed by atoms with Crippen molar-refractivity contribution in [2.45, 2.75) is 11.3 Å². The molecule has 33 heavy (non-hydrogen) atoms. The quantitative estimate of drug-likeness (QED) is 0.384. The van der Waals surface area contributed by atoms with Crippen LogP contribution in [-0.4, -0.2) is 28.0 Å². The number of carbonyl (C=O) groups excluding carboxylic acids is 1. The van der Waals surface area contributed by atoms with Crippen LogP contribution in [-0.2, 0) is 26.0 Å². The highest BCUT2D eigenvalue weighted by atomic mass is 32.2. The van der Waals surface area contributed by atoms with E-state index in [2.05, 4.69) is 4.72 Å². The molecule has 0 aliphatic carbocycles. The molecule has 168 valence electrons. The predicted molar refractivity (Wildman–Crippen MR) is 130 cm³/mol. The van der Waals surface area contributed by atoms with Crippen molar-refractivity contribution in [3.8, 4) is 11.1 Å². The Bertz CT molecular complexity index is 1360. The minimum absolute atomic E-state index is 0.0617. The van der Waals surface area contributed by atoms with Gasteiger partial charge in [-0.3, -0.25) is 4.79 Å². The summed E-state index contributed by atoms with van der Waals surface area (Å²) in [7, 11) is -2.51. The fourth-order valence-corrected chi connectivity index (χ4v) is 5.23. The normalized spacial score (nSPS) is 12.4. The van der Waals surface area contributed by atoms with Crippen molar-refractivity contribution in [2.24, 2.45) is 5.92 Å². The first kappa shape index (κ1) is 22.7. The van der Waals surface area contributed by atoms with Gasteiger partial charge in [0.05, 0.1) is 17.9 Å². The third kappa shape index (κ3) is 5.30. The zero-order valence-electron chi connectivity index (χ0n) is 18.3. The maximum Gasteiger partial charge on any atom is 0.310 e. The molecule has 0 spiro atoms. The molecule has 0 fully saturated rings. The molecule has 1 unspecified atom stereocenters. The van der Waals surface area contributed by atoms with E-state index in [0.29, 0.717) is 11.8 Å². The topological polar surface area (TPSA) is 72.5 Å². The van der Waals surface area contributed by atoms with Crippen LogP contribution in [0, 0.1) is 5.92 Å². The molecule has 0 radical (unpaired) electrons. The summed E-state index contributed by atoms with van der Waals surface area (Å²) >= 11 is 0. The molecule has 4 rings (SSSR count). The molecule has 4 aromatic rings. The van der Waals surface area contributed by atoms with Crippen LogP contribution in [0.5, 0.6) is 0 Å². The number of fused-ring (bicyclic) bond motifs is 1. The van der Waals surface area contributed by atoms with E-state index in [-0.39, 0.29) is 11.4 Å². The summed E-state index contributed by atoms with van der Waals surface area (Å²) in [5, 5.41) is 1.47. The van der Waals surface area contributed by atoms with Gasteiger partial charge in [0.15, 0.2) is 0 Å². The van der Waals surface area contributed by atoms with Gasteiger partial charge in [0, 0.05) is 11.9 Å². The lowest BCUT2D eigenvalue weighted by Crippen LogP contribution is -2.34. The summed E-state index contributed by atoms with van der Waals surface area (Å²) in [6.45, 7) is -0.0617. The average molecular weight is 460 g/mol. The number of hydrogen-bond acceptors (Lipinski definition) is 4. The standard InChI is InChI=1S/C27H25NO4S/c1-32-27(29)24(18-20-9-7-14-23(17-20)21-10-3-2-4-11-21)19-28-33(30,31)26-16-8-13-22-12-5-6-15-25(22)26/h2-17,24,28H,18-19H2,1H3. The maximum absolute atomic E-state index is 13.1. The lowest BCUT2D eigenvalue weighted by molar-refractivity contribution is -0.145. The van der Waals surface area contributed by atoms with Gasteiger partial charge in [-0.15, -0.1) is 0 Å². The first-order valence-corrected chi connectivity index (χ1v) is 12.2. The molecule has 1 atom stereocenters. The summed E-state index contributed by atoms with van der Waals surface area (Å²) in [6.07, 6.45) is 0.353. The Kier molecular flexibility index (Phi) is 6.87. The van der Waals surface area contributed by atoms with Gasteiger partial charge in [0.25, 0.3) is 0 Å². The molecule has 6 heteroatoms. The molecule has 0 amide bonds. The number of rotatable bonds is 8. The number of esters is 1. The van der Waals surface area contributed by atoms with Crippen molar-refractivity contribution in [1.29, 1.82) is 0 Å². The van der Waals surface area contributed by atoms with Crippen molar-refractivity contribution in [3.05, 3.63) is 103 Å². The van der Waals surface area contributed by atoms with Crippen LogP contribution in [0.1, 0.15) is 5.56 Å². The van der Waals surface area contributed by atoms with Gasteiger partial charge in [-0.2, -0.15) is 0 Å². The van der Waals surface area contributed by atoms with Gasteiger partial charge in [0.2, 0.25) is 10.0 Å². The first-order chi connectivity index (χ1) is 16.0. The second-order valence-corrected chi connectivity index (χ2v) is 9.56. The summed E-state index contributed by atoms with van der Waals surface area (Å²) in [6, 6.07) is 30.3. The summed E-state index contributed by atoms with van der Waals surface area (Å²) in [5.74, 6) is -1.12. The molecule has 0 heterocycles. The summed E-state index contributed by atoms with van der Waals surface area (Å²) < 4.78 is 33.8. The fraction of sp³-hybridized carbons (Fsp3) is 0.148. The minimum Gasteiger partial charge on any atom is -0.469 e. The highest BCUT2D eigenvalue weighted by Gasteiger charge is 2.24. The lowest BCUT2D eigenvalue weighted by Gasteiger charge is -2.17. The highest BCUT2D eigenvalue weighted by Crippen LogP contribution is 2.24. The van der Waals surface area contributed by atoms with Crippen LogP contribution in [0.3, 0.4) is 0 Å². The van der Waals surface area contributed by atoms with Crippen molar-refractivity contribution in [2.75, 3.05) is 13.7 Å². The zero-order valence-corrected chi connectivity index (χ0v) is 19.1. The van der Waals surface area contributed by atoms with Gasteiger partial charge < -0.3 is 4.74 Å². The van der Waals surface area contributed by atoms with E-state index in [1.165, 1.54) is 7.11 Å². The van der Waals surface area contributed by atoms with Crippen LogP contribution >= 0.6 is 0 Å². The van der Waals surface area contributed by atoms with Crippen LogP contribution < -0.4 is 4.72 Å². The summed E-state index contributed by atoms with van der Waals surface area (Å²) in [4.78, 5) is 12.7. The molecule has 0 aliphatic heterocycles. The number of ether oxygens (including phenoxy) is 1. The molecular formula is C27H25NO4S. The van der Waals surface area contributed by atoms with Crippen molar-refractivity contribution >= 4 is 26.8 Å². The van der Waals surface area contributed by atoms with E-state index in [4.69, 9.17) is 4.74 Å². The first-order valence-electron chi connectivity index (χ1n) is 10.7. The largest absolute Gasteiger partial charge is 0.469 e. The van der Waals surface area contributed by atoms with E-state index in [9.17, 15) is 13.2 Å². The van der Waals surface area contributed by atoms with E-state index in [1.807, 2.05) is 72.8 Å². The molecule has 0 aliphatic rings. The van der Waals surface area contributed by atoms with Crippen molar-refractivity contribution in [1.82, 2.24) is 4.72 Å². The SMILES string of the molecule is COC(=O)C(CNS(=O)(=O)c1cccc2ccccc12)Cc1cccc(-c2ccccc2)c1. The average Bonchev–Trinajstić information content (AvgIpc) is 2.86. The Labute approximate surface area is 194 Å². The number of nitrogens with one attached hydrogen (secondary N) is 1. The van der Waals surface area contributed by atoms with E-state index >= 15 is 0 Å². The molecule has 0 bridgehead atoms. The number of hydrogen-bond donors (Lipinski definition) is 1. The molecule has 0 saturated heterocycles. The Balaban J connectivity index is 1.55. The van der Waals surface area contributed by atoms with Crippen LogP contribution in [0.4, 0.5) is 0 Å². The number of carbonyl (C=O) groups is 1. The van der Waals surface area contributed by atoms with Gasteiger partial charge in [0.1, 0.15) is 0 Å². The summed E-state index contributed by atoms with van der Waals surface area (Å²) in [5.41, 5.74) is 3.04. The van der Waals surface area contributed by atoms with Gasteiger partial charge in [-0.25, -0.2) is 13.1 Å². The van der Waals surface area contributed by atoms with Crippen molar-refractivity contribution < 1.29 is 17.9 Å². The van der Waals surface area contributed by atoms with Gasteiger partial charge >= 0.3 is 5.97 Å². The third-order valence-corrected chi connectivity index (χ3v) is 7.09.